The van der Waals surface area contributed by atoms with Crippen molar-refractivity contribution in [3.63, 3.8) is 0 Å². The highest BCUT2D eigenvalue weighted by atomic mass is 16.2. The zero-order chi connectivity index (χ0) is 16.8. The number of pyridine rings is 1. The SMILES string of the molecule is C[C@H](Cn1cccn1)NC(=O)N1CCN(Cc2ccncc2)CC1. The first kappa shape index (κ1) is 16.4. The smallest absolute Gasteiger partial charge is 0.317 e. The van der Waals surface area contributed by atoms with Crippen molar-refractivity contribution in [2.75, 3.05) is 26.2 Å². The molecule has 24 heavy (non-hydrogen) atoms. The molecule has 0 spiro atoms. The molecule has 1 N–H and O–H groups in total. The Labute approximate surface area is 142 Å². The summed E-state index contributed by atoms with van der Waals surface area (Å²) in [4.78, 5) is 20.7. The monoisotopic (exact) mass is 328 g/mol. The third-order valence-electron chi connectivity index (χ3n) is 4.21. The van der Waals surface area contributed by atoms with Crippen molar-refractivity contribution < 1.29 is 4.79 Å². The van der Waals surface area contributed by atoms with Gasteiger partial charge in [0.2, 0.25) is 0 Å². The average molecular weight is 328 g/mol. The minimum Gasteiger partial charge on any atom is -0.334 e. The van der Waals surface area contributed by atoms with Crippen molar-refractivity contribution in [3.8, 4) is 0 Å². The maximum absolute atomic E-state index is 12.4. The van der Waals surface area contributed by atoms with Crippen molar-refractivity contribution >= 4 is 6.03 Å². The standard InChI is InChI=1S/C17H24N6O/c1-15(13-23-8-2-5-19-23)20-17(24)22-11-9-21(10-12-22)14-16-3-6-18-7-4-16/h2-8,15H,9-14H2,1H3,(H,20,24)/t15-/m1/s1. The number of nitrogens with one attached hydrogen (secondary N) is 1. The Morgan fingerprint density at radius 3 is 2.62 bits per heavy atom. The molecular weight excluding hydrogens is 304 g/mol. The maximum Gasteiger partial charge on any atom is 0.317 e. The highest BCUT2D eigenvalue weighted by Gasteiger charge is 2.22. The van der Waals surface area contributed by atoms with Gasteiger partial charge in [-0.05, 0) is 30.7 Å². The van der Waals surface area contributed by atoms with Crippen LogP contribution in [0.4, 0.5) is 4.79 Å². The van der Waals surface area contributed by atoms with Gasteiger partial charge in [0.15, 0.2) is 0 Å². The van der Waals surface area contributed by atoms with Gasteiger partial charge in [0.25, 0.3) is 0 Å². The third-order valence-corrected chi connectivity index (χ3v) is 4.21. The molecule has 7 heteroatoms. The fraction of sp³-hybridized carbons (Fsp3) is 0.471. The Kier molecular flexibility index (Phi) is 5.43. The number of hydrogen-bond acceptors (Lipinski definition) is 4. The fourth-order valence-electron chi connectivity index (χ4n) is 2.89. The van der Waals surface area contributed by atoms with Crippen LogP contribution >= 0.6 is 0 Å². The second-order valence-corrected chi connectivity index (χ2v) is 6.20. The van der Waals surface area contributed by atoms with Crippen molar-refractivity contribution in [1.82, 2.24) is 29.9 Å². The summed E-state index contributed by atoms with van der Waals surface area (Å²) >= 11 is 0. The molecule has 3 rings (SSSR count). The largest absolute Gasteiger partial charge is 0.334 e. The van der Waals surface area contributed by atoms with Crippen molar-refractivity contribution in [2.45, 2.75) is 26.1 Å². The number of nitrogens with zero attached hydrogens (tertiary/aromatic N) is 5. The first-order valence-corrected chi connectivity index (χ1v) is 8.35. The minimum atomic E-state index is 0.0122. The molecule has 7 nitrogen and oxygen atoms in total. The molecule has 2 amide bonds. The maximum atomic E-state index is 12.4. The zero-order valence-corrected chi connectivity index (χ0v) is 14.0. The van der Waals surface area contributed by atoms with E-state index in [9.17, 15) is 4.79 Å². The van der Waals surface area contributed by atoms with Gasteiger partial charge in [-0.3, -0.25) is 14.6 Å². The van der Waals surface area contributed by atoms with Crippen LogP contribution in [0.1, 0.15) is 12.5 Å². The number of rotatable bonds is 5. The van der Waals surface area contributed by atoms with E-state index in [1.165, 1.54) is 5.56 Å². The molecule has 1 atom stereocenters. The summed E-state index contributed by atoms with van der Waals surface area (Å²) in [6.45, 7) is 6.89. The normalized spacial score (nSPS) is 16.8. The predicted molar refractivity (Wildman–Crippen MR) is 91.3 cm³/mol. The molecule has 0 aromatic carbocycles. The van der Waals surface area contributed by atoms with Gasteiger partial charge in [-0.2, -0.15) is 5.10 Å². The first-order chi connectivity index (χ1) is 11.7. The van der Waals surface area contributed by atoms with Crippen molar-refractivity contribution in [3.05, 3.63) is 48.5 Å². The van der Waals surface area contributed by atoms with E-state index in [4.69, 9.17) is 0 Å². The van der Waals surface area contributed by atoms with Crippen molar-refractivity contribution in [2.24, 2.45) is 0 Å². The number of aromatic nitrogens is 3. The molecule has 128 valence electrons. The zero-order valence-electron chi connectivity index (χ0n) is 14.0. The molecule has 1 fully saturated rings. The van der Waals surface area contributed by atoms with Crippen LogP contribution in [0.3, 0.4) is 0 Å². The lowest BCUT2D eigenvalue weighted by Crippen LogP contribution is -2.53. The molecule has 1 aliphatic heterocycles. The summed E-state index contributed by atoms with van der Waals surface area (Å²) in [6, 6.07) is 6.02. The van der Waals surface area contributed by atoms with Gasteiger partial charge in [0.05, 0.1) is 6.54 Å². The molecule has 0 aliphatic carbocycles. The number of hydrogen-bond donors (Lipinski definition) is 1. The average Bonchev–Trinajstić information content (AvgIpc) is 3.09. The number of carbonyl (C=O) groups excluding carboxylic acids is 1. The summed E-state index contributed by atoms with van der Waals surface area (Å²) in [5.74, 6) is 0. The number of amides is 2. The Morgan fingerprint density at radius 2 is 1.96 bits per heavy atom. The van der Waals surface area contributed by atoms with Crippen LogP contribution in [0.15, 0.2) is 43.0 Å². The Hall–Kier alpha value is -2.41. The molecule has 0 radical (unpaired) electrons. The minimum absolute atomic E-state index is 0.0122. The lowest BCUT2D eigenvalue weighted by molar-refractivity contribution is 0.133. The van der Waals surface area contributed by atoms with Gasteiger partial charge >= 0.3 is 6.03 Å². The van der Waals surface area contributed by atoms with Crippen LogP contribution in [0.5, 0.6) is 0 Å². The van der Waals surface area contributed by atoms with Gasteiger partial charge in [-0.25, -0.2) is 4.79 Å². The second kappa shape index (κ2) is 7.92. The summed E-state index contributed by atoms with van der Waals surface area (Å²) in [6.07, 6.45) is 7.29. The second-order valence-electron chi connectivity index (χ2n) is 6.20. The third kappa shape index (κ3) is 4.55. The van der Waals surface area contributed by atoms with Gasteiger partial charge in [0.1, 0.15) is 0 Å². The molecule has 2 aromatic rings. The van der Waals surface area contributed by atoms with Gasteiger partial charge < -0.3 is 10.2 Å². The summed E-state index contributed by atoms with van der Waals surface area (Å²) in [5, 5.41) is 7.22. The lowest BCUT2D eigenvalue weighted by atomic mass is 10.2. The number of carbonyl (C=O) groups is 1. The number of piperazine rings is 1. The van der Waals surface area contributed by atoms with E-state index in [1.54, 1.807) is 6.20 Å². The summed E-state index contributed by atoms with van der Waals surface area (Å²) in [5.41, 5.74) is 1.26. The molecule has 3 heterocycles. The topological polar surface area (TPSA) is 66.3 Å². The van der Waals surface area contributed by atoms with E-state index in [2.05, 4.69) is 20.3 Å². The Balaban J connectivity index is 1.41. The van der Waals surface area contributed by atoms with E-state index in [-0.39, 0.29) is 12.1 Å². The van der Waals surface area contributed by atoms with E-state index in [0.717, 1.165) is 32.7 Å². The molecule has 1 saturated heterocycles. The summed E-state index contributed by atoms with van der Waals surface area (Å²) < 4.78 is 1.83. The Bertz CT molecular complexity index is 622. The van der Waals surface area contributed by atoms with Crippen LogP contribution < -0.4 is 5.32 Å². The van der Waals surface area contributed by atoms with Gasteiger partial charge in [0, 0.05) is 63.6 Å². The highest BCUT2D eigenvalue weighted by molar-refractivity contribution is 5.74. The fourth-order valence-corrected chi connectivity index (χ4v) is 2.89. The van der Waals surface area contributed by atoms with E-state index in [0.29, 0.717) is 6.54 Å². The quantitative estimate of drug-likeness (QED) is 0.895. The van der Waals surface area contributed by atoms with Crippen LogP contribution in [-0.2, 0) is 13.1 Å². The van der Waals surface area contributed by atoms with Crippen LogP contribution in [0.2, 0.25) is 0 Å². The molecule has 0 bridgehead atoms. The molecule has 0 saturated carbocycles. The van der Waals surface area contributed by atoms with Gasteiger partial charge in [-0.15, -0.1) is 0 Å². The first-order valence-electron chi connectivity index (χ1n) is 8.35. The van der Waals surface area contributed by atoms with Crippen LogP contribution in [0, 0.1) is 0 Å². The molecular formula is C17H24N6O. The van der Waals surface area contributed by atoms with Crippen LogP contribution in [-0.4, -0.2) is 62.8 Å². The van der Waals surface area contributed by atoms with Crippen LogP contribution in [0.25, 0.3) is 0 Å². The number of urea groups is 1. The van der Waals surface area contributed by atoms with E-state index >= 15 is 0 Å². The van der Waals surface area contributed by atoms with E-state index < -0.39 is 0 Å². The predicted octanol–water partition coefficient (Wildman–Crippen LogP) is 1.19. The Morgan fingerprint density at radius 1 is 1.21 bits per heavy atom. The van der Waals surface area contributed by atoms with Gasteiger partial charge in [-0.1, -0.05) is 0 Å². The molecule has 2 aromatic heterocycles. The molecule has 0 unspecified atom stereocenters. The van der Waals surface area contributed by atoms with E-state index in [1.807, 2.05) is 53.3 Å². The highest BCUT2D eigenvalue weighted by Crippen LogP contribution is 2.08. The summed E-state index contributed by atoms with van der Waals surface area (Å²) in [7, 11) is 0. The molecule has 1 aliphatic rings. The lowest BCUT2D eigenvalue weighted by Gasteiger charge is -2.35. The van der Waals surface area contributed by atoms with Crippen molar-refractivity contribution in [1.29, 1.82) is 0 Å².